The van der Waals surface area contributed by atoms with Crippen molar-refractivity contribution in [3.8, 4) is 0 Å². The molecule has 0 aromatic heterocycles. The second-order valence-electron chi connectivity index (χ2n) is 6.65. The average molecular weight is 240 g/mol. The zero-order chi connectivity index (χ0) is 12.9. The van der Waals surface area contributed by atoms with Gasteiger partial charge in [-0.3, -0.25) is 0 Å². The van der Waals surface area contributed by atoms with Crippen molar-refractivity contribution in [1.29, 1.82) is 0 Å². The van der Waals surface area contributed by atoms with Gasteiger partial charge in [-0.1, -0.05) is 41.0 Å². The Bertz CT molecular complexity index is 201. The van der Waals surface area contributed by atoms with Gasteiger partial charge in [0.1, 0.15) is 0 Å². The molecular weight excluding hydrogens is 208 g/mol. The van der Waals surface area contributed by atoms with Crippen molar-refractivity contribution in [3.63, 3.8) is 0 Å². The van der Waals surface area contributed by atoms with E-state index in [9.17, 15) is 0 Å². The van der Waals surface area contributed by atoms with Crippen molar-refractivity contribution in [3.05, 3.63) is 0 Å². The van der Waals surface area contributed by atoms with Crippen LogP contribution in [0, 0.1) is 11.3 Å². The zero-order valence-electron chi connectivity index (χ0n) is 12.6. The lowest BCUT2D eigenvalue weighted by atomic mass is 9.80. The van der Waals surface area contributed by atoms with E-state index < -0.39 is 0 Å². The molecule has 0 amide bonds. The van der Waals surface area contributed by atoms with Crippen molar-refractivity contribution in [1.82, 2.24) is 10.2 Å². The van der Waals surface area contributed by atoms with E-state index in [1.54, 1.807) is 0 Å². The fraction of sp³-hybridized carbons (Fsp3) is 1.00. The third-order valence-electron chi connectivity index (χ3n) is 4.11. The van der Waals surface area contributed by atoms with Crippen molar-refractivity contribution < 1.29 is 0 Å². The second-order valence-corrected chi connectivity index (χ2v) is 6.65. The molecule has 2 nitrogen and oxygen atoms in total. The van der Waals surface area contributed by atoms with Crippen molar-refractivity contribution >= 4 is 0 Å². The largest absolute Gasteiger partial charge is 0.313 e. The third kappa shape index (κ3) is 4.97. The Hall–Kier alpha value is -0.0800. The molecule has 2 atom stereocenters. The first kappa shape index (κ1) is 15.0. The van der Waals surface area contributed by atoms with Crippen LogP contribution >= 0.6 is 0 Å². The third-order valence-corrected chi connectivity index (χ3v) is 4.11. The van der Waals surface area contributed by atoms with Crippen LogP contribution < -0.4 is 5.32 Å². The van der Waals surface area contributed by atoms with Crippen LogP contribution in [0.15, 0.2) is 0 Å². The summed E-state index contributed by atoms with van der Waals surface area (Å²) in [6, 6.07) is 0.698. The second kappa shape index (κ2) is 6.75. The van der Waals surface area contributed by atoms with Crippen LogP contribution in [-0.4, -0.2) is 37.1 Å². The summed E-state index contributed by atoms with van der Waals surface area (Å²) in [5.74, 6) is 0.881. The highest BCUT2D eigenvalue weighted by Gasteiger charge is 2.32. The predicted octanol–water partition coefficient (Wildman–Crippen LogP) is 3.13. The summed E-state index contributed by atoms with van der Waals surface area (Å²) >= 11 is 0. The number of hydrogen-bond acceptors (Lipinski definition) is 2. The molecule has 1 saturated heterocycles. The molecule has 0 aromatic rings. The summed E-state index contributed by atoms with van der Waals surface area (Å²) in [6.07, 6.45) is 3.98. The first-order valence-corrected chi connectivity index (χ1v) is 7.43. The normalized spacial score (nSPS) is 24.2. The highest BCUT2D eigenvalue weighted by Crippen LogP contribution is 2.33. The lowest BCUT2D eigenvalue weighted by Gasteiger charge is -2.28. The molecule has 17 heavy (non-hydrogen) atoms. The number of likely N-dealkylation sites (tertiary alicyclic amines) is 1. The molecule has 0 radical (unpaired) electrons. The highest BCUT2D eigenvalue weighted by molar-refractivity contribution is 4.85. The van der Waals surface area contributed by atoms with Crippen molar-refractivity contribution in [2.45, 2.75) is 59.9 Å². The van der Waals surface area contributed by atoms with Crippen LogP contribution in [0.2, 0.25) is 0 Å². The van der Waals surface area contributed by atoms with E-state index in [4.69, 9.17) is 0 Å². The summed E-state index contributed by atoms with van der Waals surface area (Å²) in [5, 5.41) is 3.62. The summed E-state index contributed by atoms with van der Waals surface area (Å²) < 4.78 is 0. The summed E-state index contributed by atoms with van der Waals surface area (Å²) in [7, 11) is 0. The van der Waals surface area contributed by atoms with E-state index in [0.717, 1.165) is 12.5 Å². The van der Waals surface area contributed by atoms with Gasteiger partial charge >= 0.3 is 0 Å². The van der Waals surface area contributed by atoms with Gasteiger partial charge in [-0.25, -0.2) is 0 Å². The molecule has 1 rings (SSSR count). The van der Waals surface area contributed by atoms with Gasteiger partial charge in [0.25, 0.3) is 0 Å². The van der Waals surface area contributed by atoms with Crippen LogP contribution in [0.3, 0.4) is 0 Å². The molecule has 0 aliphatic carbocycles. The molecule has 1 aliphatic heterocycles. The van der Waals surface area contributed by atoms with Gasteiger partial charge in [0, 0.05) is 19.1 Å². The Labute approximate surface area is 108 Å². The highest BCUT2D eigenvalue weighted by atomic mass is 15.2. The van der Waals surface area contributed by atoms with E-state index in [1.807, 2.05) is 0 Å². The Morgan fingerprint density at radius 1 is 1.29 bits per heavy atom. The van der Waals surface area contributed by atoms with E-state index in [2.05, 4.69) is 44.8 Å². The predicted molar refractivity (Wildman–Crippen MR) is 76.4 cm³/mol. The maximum Gasteiger partial charge on any atom is 0.0194 e. The SMILES string of the molecule is CCCC(CN1CCC(C(C)(C)C)C1)NCC. The van der Waals surface area contributed by atoms with E-state index in [-0.39, 0.29) is 0 Å². The molecule has 0 bridgehead atoms. The van der Waals surface area contributed by atoms with Gasteiger partial charge in [-0.15, -0.1) is 0 Å². The standard InChI is InChI=1S/C15H32N2/c1-6-8-14(16-7-2)12-17-10-9-13(11-17)15(3,4)5/h13-14,16H,6-12H2,1-5H3. The van der Waals surface area contributed by atoms with E-state index >= 15 is 0 Å². The average Bonchev–Trinajstić information content (AvgIpc) is 2.66. The lowest BCUT2D eigenvalue weighted by molar-refractivity contribution is 0.217. The van der Waals surface area contributed by atoms with Gasteiger partial charge in [0.15, 0.2) is 0 Å². The molecule has 1 fully saturated rings. The maximum absolute atomic E-state index is 3.62. The Morgan fingerprint density at radius 3 is 2.47 bits per heavy atom. The Balaban J connectivity index is 2.37. The number of likely N-dealkylation sites (N-methyl/N-ethyl adjacent to an activating group) is 1. The topological polar surface area (TPSA) is 15.3 Å². The van der Waals surface area contributed by atoms with Crippen LogP contribution in [0.25, 0.3) is 0 Å². The van der Waals surface area contributed by atoms with Gasteiger partial charge in [0.05, 0.1) is 0 Å². The monoisotopic (exact) mass is 240 g/mol. The molecule has 1 N–H and O–H groups in total. The van der Waals surface area contributed by atoms with Gasteiger partial charge in [0.2, 0.25) is 0 Å². The number of nitrogens with one attached hydrogen (secondary N) is 1. The molecular formula is C15H32N2. The molecule has 1 aliphatic rings. The number of nitrogens with zero attached hydrogens (tertiary/aromatic N) is 1. The Kier molecular flexibility index (Phi) is 5.94. The Morgan fingerprint density at radius 2 is 2.00 bits per heavy atom. The van der Waals surface area contributed by atoms with Gasteiger partial charge in [-0.2, -0.15) is 0 Å². The van der Waals surface area contributed by atoms with Crippen molar-refractivity contribution in [2.24, 2.45) is 11.3 Å². The van der Waals surface area contributed by atoms with Crippen LogP contribution in [-0.2, 0) is 0 Å². The first-order valence-electron chi connectivity index (χ1n) is 7.43. The van der Waals surface area contributed by atoms with Gasteiger partial charge in [-0.05, 0) is 37.3 Å². The molecule has 2 heteroatoms. The van der Waals surface area contributed by atoms with Crippen LogP contribution in [0.1, 0.15) is 53.9 Å². The first-order chi connectivity index (χ1) is 7.97. The smallest absolute Gasteiger partial charge is 0.0194 e. The quantitative estimate of drug-likeness (QED) is 0.767. The van der Waals surface area contributed by atoms with Gasteiger partial charge < -0.3 is 10.2 Å². The molecule has 2 unspecified atom stereocenters. The molecule has 1 heterocycles. The van der Waals surface area contributed by atoms with Crippen LogP contribution in [0.4, 0.5) is 0 Å². The van der Waals surface area contributed by atoms with E-state index in [1.165, 1.54) is 38.9 Å². The fourth-order valence-electron chi connectivity index (χ4n) is 2.91. The molecule has 0 spiro atoms. The minimum absolute atomic E-state index is 0.479. The van der Waals surface area contributed by atoms with Crippen LogP contribution in [0.5, 0.6) is 0 Å². The number of rotatable bonds is 6. The summed E-state index contributed by atoms with van der Waals surface area (Å²) in [4.78, 5) is 2.67. The molecule has 102 valence electrons. The molecule has 0 aromatic carbocycles. The molecule has 0 saturated carbocycles. The minimum atomic E-state index is 0.479. The zero-order valence-corrected chi connectivity index (χ0v) is 12.6. The van der Waals surface area contributed by atoms with E-state index in [0.29, 0.717) is 11.5 Å². The fourth-order valence-corrected chi connectivity index (χ4v) is 2.91. The summed E-state index contributed by atoms with van der Waals surface area (Å²) in [6.45, 7) is 16.6. The minimum Gasteiger partial charge on any atom is -0.313 e. The van der Waals surface area contributed by atoms with Crippen molar-refractivity contribution in [2.75, 3.05) is 26.2 Å². The maximum atomic E-state index is 3.62. The lowest BCUT2D eigenvalue weighted by Crippen LogP contribution is -2.40. The number of hydrogen-bond donors (Lipinski definition) is 1. The summed E-state index contributed by atoms with van der Waals surface area (Å²) in [5.41, 5.74) is 0.479.